The standard InChI is InChI=1S/C23H17Cl2F3N2O2/c1-14-21(15-3-2-4-20(13-15)32-23(26,27)28)30(19-11-7-17(25)8-12-19)22(31)29(14)18-9-5-16(24)6-10-18/h2-14,21H,1H3/t14-,21+/m0/s1. The van der Waals surface area contributed by atoms with Gasteiger partial charge in [0, 0.05) is 21.4 Å². The number of amides is 2. The van der Waals surface area contributed by atoms with Gasteiger partial charge in [0.2, 0.25) is 0 Å². The van der Waals surface area contributed by atoms with E-state index in [1.165, 1.54) is 18.2 Å². The number of ether oxygens (including phenoxy) is 1. The van der Waals surface area contributed by atoms with Gasteiger partial charge in [-0.05, 0) is 73.2 Å². The number of alkyl halides is 3. The van der Waals surface area contributed by atoms with Crippen molar-refractivity contribution in [3.63, 3.8) is 0 Å². The Labute approximate surface area is 192 Å². The summed E-state index contributed by atoms with van der Waals surface area (Å²) in [5.74, 6) is -0.351. The third-order valence-electron chi connectivity index (χ3n) is 5.20. The Bertz CT molecular complexity index is 1120. The second-order valence-corrected chi connectivity index (χ2v) is 8.15. The summed E-state index contributed by atoms with van der Waals surface area (Å²) in [6, 6.07) is 17.8. The van der Waals surface area contributed by atoms with Crippen molar-refractivity contribution >= 4 is 40.6 Å². The zero-order valence-electron chi connectivity index (χ0n) is 16.7. The van der Waals surface area contributed by atoms with Crippen molar-refractivity contribution in [3.8, 4) is 5.75 Å². The van der Waals surface area contributed by atoms with Crippen molar-refractivity contribution in [1.82, 2.24) is 0 Å². The monoisotopic (exact) mass is 480 g/mol. The lowest BCUT2D eigenvalue weighted by Gasteiger charge is -2.26. The highest BCUT2D eigenvalue weighted by atomic mass is 35.5. The predicted molar refractivity (Wildman–Crippen MR) is 119 cm³/mol. The van der Waals surface area contributed by atoms with E-state index in [4.69, 9.17) is 23.2 Å². The van der Waals surface area contributed by atoms with E-state index in [1.54, 1.807) is 64.4 Å². The lowest BCUT2D eigenvalue weighted by atomic mass is 9.99. The fraction of sp³-hybridized carbons (Fsp3) is 0.174. The molecule has 0 aliphatic carbocycles. The van der Waals surface area contributed by atoms with Crippen LogP contribution in [0.15, 0.2) is 72.8 Å². The first-order chi connectivity index (χ1) is 15.1. The smallest absolute Gasteiger partial charge is 0.406 e. The average molecular weight is 481 g/mol. The molecule has 4 nitrogen and oxygen atoms in total. The molecule has 0 saturated carbocycles. The van der Waals surface area contributed by atoms with E-state index < -0.39 is 18.4 Å². The van der Waals surface area contributed by atoms with Gasteiger partial charge in [-0.3, -0.25) is 9.80 Å². The van der Waals surface area contributed by atoms with Gasteiger partial charge >= 0.3 is 12.4 Å². The Morgan fingerprint density at radius 1 is 0.844 bits per heavy atom. The van der Waals surface area contributed by atoms with Crippen molar-refractivity contribution in [3.05, 3.63) is 88.4 Å². The zero-order chi connectivity index (χ0) is 23.0. The number of halogens is 5. The minimum Gasteiger partial charge on any atom is -0.406 e. The van der Waals surface area contributed by atoms with Crippen LogP contribution in [0.3, 0.4) is 0 Å². The second kappa shape index (κ2) is 8.56. The summed E-state index contributed by atoms with van der Waals surface area (Å²) in [5, 5.41) is 1.02. The number of hydrogen-bond acceptors (Lipinski definition) is 2. The maximum Gasteiger partial charge on any atom is 0.573 e. The molecular formula is C23H17Cl2F3N2O2. The number of nitrogens with zero attached hydrogens (tertiary/aromatic N) is 2. The Balaban J connectivity index is 1.80. The molecule has 0 bridgehead atoms. The van der Waals surface area contributed by atoms with Crippen LogP contribution in [0.5, 0.6) is 5.75 Å². The molecule has 2 amide bonds. The van der Waals surface area contributed by atoms with Gasteiger partial charge in [-0.25, -0.2) is 4.79 Å². The molecule has 0 spiro atoms. The molecular weight excluding hydrogens is 464 g/mol. The first-order valence-corrected chi connectivity index (χ1v) is 10.4. The molecule has 4 rings (SSSR count). The molecule has 3 aromatic carbocycles. The predicted octanol–water partition coefficient (Wildman–Crippen LogP) is 7.47. The van der Waals surface area contributed by atoms with E-state index in [0.717, 1.165) is 0 Å². The molecule has 0 radical (unpaired) electrons. The van der Waals surface area contributed by atoms with Gasteiger partial charge in [0.05, 0.1) is 12.1 Å². The van der Waals surface area contributed by atoms with Crippen LogP contribution in [0, 0.1) is 0 Å². The Kier molecular flexibility index (Phi) is 5.97. The van der Waals surface area contributed by atoms with Crippen LogP contribution in [-0.4, -0.2) is 18.4 Å². The first-order valence-electron chi connectivity index (χ1n) is 9.63. The first kappa shape index (κ1) is 22.3. The Morgan fingerprint density at radius 3 is 1.91 bits per heavy atom. The highest BCUT2D eigenvalue weighted by molar-refractivity contribution is 6.31. The van der Waals surface area contributed by atoms with Gasteiger partial charge < -0.3 is 4.74 Å². The van der Waals surface area contributed by atoms with E-state index in [1.807, 2.05) is 6.92 Å². The molecule has 0 N–H and O–H groups in total. The maximum atomic E-state index is 13.6. The van der Waals surface area contributed by atoms with E-state index in [-0.39, 0.29) is 11.8 Å². The van der Waals surface area contributed by atoms with Gasteiger partial charge in [0.1, 0.15) is 5.75 Å². The van der Waals surface area contributed by atoms with Crippen molar-refractivity contribution in [2.24, 2.45) is 0 Å². The minimum atomic E-state index is -4.82. The van der Waals surface area contributed by atoms with Crippen molar-refractivity contribution in [1.29, 1.82) is 0 Å². The SMILES string of the molecule is C[C@H]1[C@H](c2cccc(OC(F)(F)F)c2)N(c2ccc(Cl)cc2)C(=O)N1c1ccc(Cl)cc1. The maximum absolute atomic E-state index is 13.6. The van der Waals surface area contributed by atoms with E-state index in [2.05, 4.69) is 4.74 Å². The lowest BCUT2D eigenvalue weighted by Crippen LogP contribution is -2.33. The van der Waals surface area contributed by atoms with Crippen LogP contribution in [0.4, 0.5) is 29.3 Å². The Hall–Kier alpha value is -2.90. The van der Waals surface area contributed by atoms with Gasteiger partial charge in [-0.15, -0.1) is 13.2 Å². The van der Waals surface area contributed by atoms with Crippen molar-refractivity contribution in [2.75, 3.05) is 9.80 Å². The number of carbonyl (C=O) groups is 1. The van der Waals surface area contributed by atoms with Crippen LogP contribution in [0.25, 0.3) is 0 Å². The summed E-state index contributed by atoms with van der Waals surface area (Å²) in [6.07, 6.45) is -4.82. The molecule has 1 aliphatic rings. The van der Waals surface area contributed by atoms with Gasteiger partial charge in [-0.1, -0.05) is 35.3 Å². The number of urea groups is 1. The summed E-state index contributed by atoms with van der Waals surface area (Å²) >= 11 is 12.0. The normalized spacial score (nSPS) is 18.9. The molecule has 1 aliphatic heterocycles. The van der Waals surface area contributed by atoms with Crippen LogP contribution < -0.4 is 14.5 Å². The summed E-state index contributed by atoms with van der Waals surface area (Å²) in [5.41, 5.74) is 1.69. The summed E-state index contributed by atoms with van der Waals surface area (Å²) in [6.45, 7) is 1.84. The fourth-order valence-electron chi connectivity index (χ4n) is 3.91. The van der Waals surface area contributed by atoms with E-state index >= 15 is 0 Å². The number of carbonyl (C=O) groups excluding carboxylic acids is 1. The number of rotatable bonds is 4. The van der Waals surface area contributed by atoms with Crippen LogP contribution >= 0.6 is 23.2 Å². The second-order valence-electron chi connectivity index (χ2n) is 7.28. The fourth-order valence-corrected chi connectivity index (χ4v) is 4.16. The number of hydrogen-bond donors (Lipinski definition) is 0. The molecule has 3 aromatic rings. The molecule has 2 atom stereocenters. The molecule has 0 unspecified atom stereocenters. The van der Waals surface area contributed by atoms with Crippen molar-refractivity contribution < 1.29 is 22.7 Å². The number of benzene rings is 3. The van der Waals surface area contributed by atoms with Gasteiger partial charge in [-0.2, -0.15) is 0 Å². The third-order valence-corrected chi connectivity index (χ3v) is 5.70. The van der Waals surface area contributed by atoms with Crippen LogP contribution in [0.2, 0.25) is 10.0 Å². The summed E-state index contributed by atoms with van der Waals surface area (Å²) in [4.78, 5) is 16.7. The largest absolute Gasteiger partial charge is 0.573 e. The summed E-state index contributed by atoms with van der Waals surface area (Å²) in [7, 11) is 0. The minimum absolute atomic E-state index is 0.325. The zero-order valence-corrected chi connectivity index (χ0v) is 18.2. The molecule has 32 heavy (non-hydrogen) atoms. The van der Waals surface area contributed by atoms with Crippen molar-refractivity contribution in [2.45, 2.75) is 25.4 Å². The average Bonchev–Trinajstić information content (AvgIpc) is 2.98. The Morgan fingerprint density at radius 2 is 1.38 bits per heavy atom. The summed E-state index contributed by atoms with van der Waals surface area (Å²) < 4.78 is 42.4. The molecule has 166 valence electrons. The van der Waals surface area contributed by atoms with Crippen LogP contribution in [-0.2, 0) is 0 Å². The van der Waals surface area contributed by atoms with Crippen LogP contribution in [0.1, 0.15) is 18.5 Å². The lowest BCUT2D eigenvalue weighted by molar-refractivity contribution is -0.274. The highest BCUT2D eigenvalue weighted by Gasteiger charge is 2.46. The van der Waals surface area contributed by atoms with Gasteiger partial charge in [0.15, 0.2) is 0 Å². The van der Waals surface area contributed by atoms with E-state index in [0.29, 0.717) is 27.0 Å². The molecule has 1 saturated heterocycles. The quantitative estimate of drug-likeness (QED) is 0.387. The number of anilines is 2. The molecule has 9 heteroatoms. The molecule has 1 heterocycles. The molecule has 0 aromatic heterocycles. The molecule has 1 fully saturated rings. The third kappa shape index (κ3) is 4.49. The highest BCUT2D eigenvalue weighted by Crippen LogP contribution is 2.42. The topological polar surface area (TPSA) is 32.8 Å². The van der Waals surface area contributed by atoms with E-state index in [9.17, 15) is 18.0 Å². The van der Waals surface area contributed by atoms with Gasteiger partial charge in [0.25, 0.3) is 0 Å².